The Kier molecular flexibility index (Phi) is 4.82. The molecule has 0 atom stereocenters. The third kappa shape index (κ3) is 3.43. The van der Waals surface area contributed by atoms with E-state index in [1.54, 1.807) is 0 Å². The number of ketones is 1. The van der Waals surface area contributed by atoms with Crippen molar-refractivity contribution in [3.05, 3.63) is 11.6 Å². The summed E-state index contributed by atoms with van der Waals surface area (Å²) in [4.78, 5) is 12.4. The van der Waals surface area contributed by atoms with Crippen LogP contribution in [0, 0.1) is 11.8 Å². The summed E-state index contributed by atoms with van der Waals surface area (Å²) in [6.07, 6.45) is 14.4. The Balaban J connectivity index is 1.89. The van der Waals surface area contributed by atoms with Gasteiger partial charge in [0.15, 0.2) is 5.78 Å². The molecule has 0 aliphatic heterocycles. The van der Waals surface area contributed by atoms with Crippen molar-refractivity contribution in [2.45, 2.75) is 71.1 Å². The summed E-state index contributed by atoms with van der Waals surface area (Å²) in [5.41, 5.74) is 1.17. The minimum absolute atomic E-state index is 0.363. The molecule has 96 valence electrons. The topological polar surface area (TPSA) is 17.1 Å². The quantitative estimate of drug-likeness (QED) is 0.694. The summed E-state index contributed by atoms with van der Waals surface area (Å²) in [6.45, 7) is 2.28. The molecule has 0 aromatic carbocycles. The van der Waals surface area contributed by atoms with Crippen LogP contribution in [0.3, 0.4) is 0 Å². The van der Waals surface area contributed by atoms with Crippen molar-refractivity contribution < 1.29 is 4.79 Å². The lowest BCUT2D eigenvalue weighted by Crippen LogP contribution is -2.23. The summed E-state index contributed by atoms with van der Waals surface area (Å²) in [5.74, 6) is 1.76. The van der Waals surface area contributed by atoms with Crippen LogP contribution in [-0.2, 0) is 4.79 Å². The van der Waals surface area contributed by atoms with Gasteiger partial charge in [0, 0.05) is 5.92 Å². The van der Waals surface area contributed by atoms with Crippen LogP contribution in [0.5, 0.6) is 0 Å². The second kappa shape index (κ2) is 6.37. The molecule has 1 nitrogen and oxygen atoms in total. The van der Waals surface area contributed by atoms with Gasteiger partial charge in [0.1, 0.15) is 0 Å². The lowest BCUT2D eigenvalue weighted by atomic mass is 9.77. The molecule has 1 fully saturated rings. The van der Waals surface area contributed by atoms with Crippen molar-refractivity contribution in [3.63, 3.8) is 0 Å². The van der Waals surface area contributed by atoms with Crippen LogP contribution < -0.4 is 0 Å². The Morgan fingerprint density at radius 1 is 1.18 bits per heavy atom. The average Bonchev–Trinajstić information content (AvgIpc) is 2.67. The molecule has 0 radical (unpaired) electrons. The summed E-state index contributed by atoms with van der Waals surface area (Å²) in [7, 11) is 0. The Morgan fingerprint density at radius 2 is 1.94 bits per heavy atom. The van der Waals surface area contributed by atoms with Crippen molar-refractivity contribution >= 4 is 5.78 Å². The van der Waals surface area contributed by atoms with E-state index in [4.69, 9.17) is 0 Å². The Bertz CT molecular complexity index is 282. The highest BCUT2D eigenvalue weighted by atomic mass is 16.1. The van der Waals surface area contributed by atoms with Crippen molar-refractivity contribution in [1.29, 1.82) is 0 Å². The monoisotopic (exact) mass is 234 g/mol. The van der Waals surface area contributed by atoms with Gasteiger partial charge in [0.05, 0.1) is 0 Å². The largest absolute Gasteiger partial charge is 0.294 e. The van der Waals surface area contributed by atoms with Gasteiger partial charge in [-0.1, -0.05) is 25.8 Å². The van der Waals surface area contributed by atoms with Gasteiger partial charge in [-0.05, 0) is 62.9 Å². The minimum atomic E-state index is 0.363. The van der Waals surface area contributed by atoms with E-state index in [1.165, 1.54) is 44.1 Å². The molecule has 0 aromatic rings. The van der Waals surface area contributed by atoms with Crippen molar-refractivity contribution in [3.8, 4) is 0 Å². The number of Topliss-reactive ketones (excluding diaryl/α,β-unsaturated/α-hetero) is 1. The van der Waals surface area contributed by atoms with E-state index in [0.29, 0.717) is 11.7 Å². The number of allylic oxidation sites excluding steroid dienone is 2. The number of carbonyl (C=O) groups is 1. The van der Waals surface area contributed by atoms with Crippen LogP contribution >= 0.6 is 0 Å². The number of hydrogen-bond acceptors (Lipinski definition) is 1. The lowest BCUT2D eigenvalue weighted by molar-refractivity contribution is -0.120. The lowest BCUT2D eigenvalue weighted by Gasteiger charge is -2.27. The average molecular weight is 234 g/mol. The van der Waals surface area contributed by atoms with Gasteiger partial charge in [-0.25, -0.2) is 0 Å². The first-order valence-corrected chi connectivity index (χ1v) is 7.54. The van der Waals surface area contributed by atoms with Crippen LogP contribution in [0.4, 0.5) is 0 Å². The highest BCUT2D eigenvalue weighted by Crippen LogP contribution is 2.33. The molecule has 2 rings (SSSR count). The van der Waals surface area contributed by atoms with E-state index in [9.17, 15) is 4.79 Å². The maximum atomic E-state index is 12.4. The van der Waals surface area contributed by atoms with Crippen LogP contribution in [0.15, 0.2) is 11.6 Å². The SMILES string of the molecule is CCC1CCC(C(=O)C2=CCCCCC2)CC1. The normalized spacial score (nSPS) is 30.5. The van der Waals surface area contributed by atoms with Crippen molar-refractivity contribution in [2.24, 2.45) is 11.8 Å². The van der Waals surface area contributed by atoms with Gasteiger partial charge >= 0.3 is 0 Å². The summed E-state index contributed by atoms with van der Waals surface area (Å²) >= 11 is 0. The molecule has 17 heavy (non-hydrogen) atoms. The van der Waals surface area contributed by atoms with Gasteiger partial charge < -0.3 is 0 Å². The highest BCUT2D eigenvalue weighted by molar-refractivity contribution is 5.97. The second-order valence-electron chi connectivity index (χ2n) is 5.82. The predicted molar refractivity (Wildman–Crippen MR) is 71.9 cm³/mol. The van der Waals surface area contributed by atoms with Crippen LogP contribution in [-0.4, -0.2) is 5.78 Å². The zero-order chi connectivity index (χ0) is 12.1. The van der Waals surface area contributed by atoms with Crippen molar-refractivity contribution in [1.82, 2.24) is 0 Å². The van der Waals surface area contributed by atoms with E-state index in [0.717, 1.165) is 31.6 Å². The molecule has 0 N–H and O–H groups in total. The molecular formula is C16H26O. The summed E-state index contributed by atoms with van der Waals surface area (Å²) < 4.78 is 0. The Hall–Kier alpha value is -0.590. The van der Waals surface area contributed by atoms with E-state index >= 15 is 0 Å². The van der Waals surface area contributed by atoms with Gasteiger partial charge in [-0.3, -0.25) is 4.79 Å². The smallest absolute Gasteiger partial charge is 0.161 e. The molecule has 0 saturated heterocycles. The fourth-order valence-electron chi connectivity index (χ4n) is 3.33. The third-order valence-electron chi connectivity index (χ3n) is 4.65. The highest BCUT2D eigenvalue weighted by Gasteiger charge is 2.27. The molecule has 0 amide bonds. The standard InChI is InChI=1S/C16H26O/c1-2-13-9-11-15(12-10-13)16(17)14-7-5-3-4-6-8-14/h7,13,15H,2-6,8-12H2,1H3. The molecule has 2 aliphatic rings. The van der Waals surface area contributed by atoms with Gasteiger partial charge in [-0.15, -0.1) is 0 Å². The van der Waals surface area contributed by atoms with E-state index in [2.05, 4.69) is 13.0 Å². The van der Waals surface area contributed by atoms with Crippen molar-refractivity contribution in [2.75, 3.05) is 0 Å². The molecule has 2 aliphatic carbocycles. The van der Waals surface area contributed by atoms with Crippen LogP contribution in [0.2, 0.25) is 0 Å². The van der Waals surface area contributed by atoms with E-state index < -0.39 is 0 Å². The number of rotatable bonds is 3. The molecule has 0 heterocycles. The Labute approximate surface area is 106 Å². The van der Waals surface area contributed by atoms with Gasteiger partial charge in [0.25, 0.3) is 0 Å². The molecule has 1 heteroatoms. The number of carbonyl (C=O) groups excluding carboxylic acids is 1. The molecule has 1 saturated carbocycles. The van der Waals surface area contributed by atoms with E-state index in [1.807, 2.05) is 0 Å². The second-order valence-corrected chi connectivity index (χ2v) is 5.82. The zero-order valence-corrected chi connectivity index (χ0v) is 11.2. The molecule has 0 spiro atoms. The minimum Gasteiger partial charge on any atom is -0.294 e. The predicted octanol–water partition coefficient (Wildman–Crippen LogP) is 4.66. The fourth-order valence-corrected chi connectivity index (χ4v) is 3.33. The maximum absolute atomic E-state index is 12.4. The summed E-state index contributed by atoms with van der Waals surface area (Å²) in [6, 6.07) is 0. The Morgan fingerprint density at radius 3 is 2.65 bits per heavy atom. The molecule has 0 unspecified atom stereocenters. The maximum Gasteiger partial charge on any atom is 0.161 e. The molecule has 0 bridgehead atoms. The first-order chi connectivity index (χ1) is 8.31. The molecular weight excluding hydrogens is 208 g/mol. The van der Waals surface area contributed by atoms with E-state index in [-0.39, 0.29) is 0 Å². The first-order valence-electron chi connectivity index (χ1n) is 7.54. The zero-order valence-electron chi connectivity index (χ0n) is 11.2. The van der Waals surface area contributed by atoms with Crippen LogP contribution in [0.1, 0.15) is 71.1 Å². The van der Waals surface area contributed by atoms with Gasteiger partial charge in [0.2, 0.25) is 0 Å². The molecule has 0 aromatic heterocycles. The number of hydrogen-bond donors (Lipinski definition) is 0. The first kappa shape index (κ1) is 12.9. The summed E-state index contributed by atoms with van der Waals surface area (Å²) in [5, 5.41) is 0. The third-order valence-corrected chi connectivity index (χ3v) is 4.65. The fraction of sp³-hybridized carbons (Fsp3) is 0.812. The van der Waals surface area contributed by atoms with Crippen LogP contribution in [0.25, 0.3) is 0 Å². The van der Waals surface area contributed by atoms with Gasteiger partial charge in [-0.2, -0.15) is 0 Å².